The number of H-pyrrole nitrogens is 1. The summed E-state index contributed by atoms with van der Waals surface area (Å²) in [6.07, 6.45) is 6.37. The van der Waals surface area contributed by atoms with Gasteiger partial charge in [0, 0.05) is 30.8 Å². The number of benzene rings is 1. The second-order valence-electron chi connectivity index (χ2n) is 6.96. The van der Waals surface area contributed by atoms with Crippen molar-refractivity contribution in [2.24, 2.45) is 0 Å². The van der Waals surface area contributed by atoms with Gasteiger partial charge in [0.05, 0.1) is 23.8 Å². The average molecular weight is 398 g/mol. The van der Waals surface area contributed by atoms with Crippen LogP contribution in [0.5, 0.6) is 0 Å². The average Bonchev–Trinajstić information content (AvgIpc) is 3.15. The van der Waals surface area contributed by atoms with Crippen molar-refractivity contribution < 1.29 is 8.42 Å². The first-order valence-corrected chi connectivity index (χ1v) is 11.0. The number of anilines is 2. The van der Waals surface area contributed by atoms with Crippen LogP contribution in [-0.4, -0.2) is 47.9 Å². The zero-order valence-corrected chi connectivity index (χ0v) is 16.4. The smallest absolute Gasteiger partial charge is 0.229 e. The van der Waals surface area contributed by atoms with Crippen molar-refractivity contribution in [3.8, 4) is 11.4 Å². The van der Waals surface area contributed by atoms with E-state index in [4.69, 9.17) is 4.98 Å². The Kier molecular flexibility index (Phi) is 4.99. The molecule has 0 bridgehead atoms. The standard InChI is InChI=1S/C19H22N6O2S/c1-28(26,27)24-16-12-21-23-18(16)15-8-5-11-25(13-15)17-9-10-20-19(22-17)14-6-3-2-4-7-14/h2-4,6-7,9-10,12,15,24H,5,8,11,13H2,1H3,(H,21,23). The van der Waals surface area contributed by atoms with E-state index < -0.39 is 10.0 Å². The molecule has 0 radical (unpaired) electrons. The van der Waals surface area contributed by atoms with Gasteiger partial charge >= 0.3 is 0 Å². The highest BCUT2D eigenvalue weighted by molar-refractivity contribution is 7.92. The molecule has 0 saturated carbocycles. The van der Waals surface area contributed by atoms with E-state index in [0.29, 0.717) is 11.5 Å². The van der Waals surface area contributed by atoms with Crippen molar-refractivity contribution in [3.05, 3.63) is 54.5 Å². The fourth-order valence-corrected chi connectivity index (χ4v) is 4.12. The highest BCUT2D eigenvalue weighted by Crippen LogP contribution is 2.32. The predicted octanol–water partition coefficient (Wildman–Crippen LogP) is 2.62. The quantitative estimate of drug-likeness (QED) is 0.685. The Morgan fingerprint density at radius 3 is 2.82 bits per heavy atom. The zero-order valence-electron chi connectivity index (χ0n) is 15.5. The van der Waals surface area contributed by atoms with Crippen molar-refractivity contribution in [2.45, 2.75) is 18.8 Å². The molecule has 1 saturated heterocycles. The van der Waals surface area contributed by atoms with Gasteiger partial charge in [0.1, 0.15) is 5.82 Å². The van der Waals surface area contributed by atoms with E-state index in [0.717, 1.165) is 49.3 Å². The zero-order chi connectivity index (χ0) is 19.6. The number of aromatic nitrogens is 4. The highest BCUT2D eigenvalue weighted by atomic mass is 32.2. The third kappa shape index (κ3) is 4.14. The van der Waals surface area contributed by atoms with E-state index in [-0.39, 0.29) is 5.92 Å². The van der Waals surface area contributed by atoms with Crippen LogP contribution in [0.3, 0.4) is 0 Å². The lowest BCUT2D eigenvalue weighted by Crippen LogP contribution is -2.35. The van der Waals surface area contributed by atoms with Gasteiger partial charge in [0.15, 0.2) is 5.82 Å². The Labute approximate surface area is 164 Å². The first-order chi connectivity index (χ1) is 13.5. The molecular formula is C19H22N6O2S. The normalized spacial score (nSPS) is 17.5. The molecule has 0 aliphatic carbocycles. The molecule has 1 fully saturated rings. The molecule has 28 heavy (non-hydrogen) atoms. The van der Waals surface area contributed by atoms with Crippen molar-refractivity contribution >= 4 is 21.5 Å². The molecule has 1 aliphatic rings. The largest absolute Gasteiger partial charge is 0.356 e. The number of sulfonamides is 1. The minimum atomic E-state index is -3.35. The third-order valence-corrected chi connectivity index (χ3v) is 5.38. The monoisotopic (exact) mass is 398 g/mol. The van der Waals surface area contributed by atoms with E-state index in [1.54, 1.807) is 6.20 Å². The molecule has 146 valence electrons. The number of hydrogen-bond donors (Lipinski definition) is 2. The van der Waals surface area contributed by atoms with Gasteiger partial charge in [0.25, 0.3) is 0 Å². The number of hydrogen-bond acceptors (Lipinski definition) is 6. The van der Waals surface area contributed by atoms with Gasteiger partial charge in [0.2, 0.25) is 10.0 Å². The molecular weight excluding hydrogens is 376 g/mol. The van der Waals surface area contributed by atoms with Crippen LogP contribution in [0.4, 0.5) is 11.5 Å². The Bertz CT molecular complexity index is 1050. The maximum Gasteiger partial charge on any atom is 0.229 e. The molecule has 9 heteroatoms. The summed E-state index contributed by atoms with van der Waals surface area (Å²) in [6, 6.07) is 11.8. The van der Waals surface area contributed by atoms with Gasteiger partial charge < -0.3 is 4.90 Å². The van der Waals surface area contributed by atoms with Gasteiger partial charge in [-0.1, -0.05) is 30.3 Å². The number of nitrogens with one attached hydrogen (secondary N) is 2. The number of piperidine rings is 1. The minimum absolute atomic E-state index is 0.135. The Hall–Kier alpha value is -2.94. The van der Waals surface area contributed by atoms with Crippen LogP contribution in [0.25, 0.3) is 11.4 Å². The summed E-state index contributed by atoms with van der Waals surface area (Å²) in [5.41, 5.74) is 2.31. The molecule has 1 aromatic carbocycles. The highest BCUT2D eigenvalue weighted by Gasteiger charge is 2.26. The van der Waals surface area contributed by atoms with Crippen molar-refractivity contribution in [3.63, 3.8) is 0 Å². The fraction of sp³-hybridized carbons (Fsp3) is 0.316. The summed E-state index contributed by atoms with van der Waals surface area (Å²) in [6.45, 7) is 1.62. The van der Waals surface area contributed by atoms with Gasteiger partial charge in [-0.25, -0.2) is 18.4 Å². The lowest BCUT2D eigenvalue weighted by Gasteiger charge is -2.33. The van der Waals surface area contributed by atoms with E-state index in [9.17, 15) is 8.42 Å². The molecule has 2 N–H and O–H groups in total. The molecule has 2 aromatic heterocycles. The first-order valence-electron chi connectivity index (χ1n) is 9.14. The van der Waals surface area contributed by atoms with Crippen molar-refractivity contribution in [1.82, 2.24) is 20.2 Å². The van der Waals surface area contributed by atoms with Gasteiger partial charge in [-0.2, -0.15) is 5.10 Å². The fourth-order valence-electron chi connectivity index (χ4n) is 3.56. The summed E-state index contributed by atoms with van der Waals surface area (Å²) < 4.78 is 25.8. The summed E-state index contributed by atoms with van der Waals surface area (Å²) in [7, 11) is -3.35. The number of aromatic amines is 1. The SMILES string of the molecule is CS(=O)(=O)Nc1cn[nH]c1C1CCCN(c2ccnc(-c3ccccc3)n2)C1. The Morgan fingerprint density at radius 1 is 1.21 bits per heavy atom. The van der Waals surface area contributed by atoms with Crippen LogP contribution in [-0.2, 0) is 10.0 Å². The van der Waals surface area contributed by atoms with E-state index in [1.165, 1.54) is 6.20 Å². The third-order valence-electron chi connectivity index (χ3n) is 4.79. The molecule has 1 aliphatic heterocycles. The molecule has 0 spiro atoms. The molecule has 3 aromatic rings. The van der Waals surface area contributed by atoms with E-state index in [2.05, 4.69) is 24.8 Å². The second kappa shape index (κ2) is 7.59. The maximum atomic E-state index is 11.6. The van der Waals surface area contributed by atoms with E-state index >= 15 is 0 Å². The summed E-state index contributed by atoms with van der Waals surface area (Å²) in [4.78, 5) is 11.4. The Balaban J connectivity index is 1.56. The van der Waals surface area contributed by atoms with Crippen LogP contribution < -0.4 is 9.62 Å². The topological polar surface area (TPSA) is 104 Å². The summed E-state index contributed by atoms with van der Waals surface area (Å²) in [5.74, 6) is 1.70. The van der Waals surface area contributed by atoms with E-state index in [1.807, 2.05) is 36.4 Å². The first kappa shape index (κ1) is 18.4. The number of nitrogens with zero attached hydrogens (tertiary/aromatic N) is 4. The lowest BCUT2D eigenvalue weighted by atomic mass is 9.94. The van der Waals surface area contributed by atoms with Gasteiger partial charge in [-0.15, -0.1) is 0 Å². The molecule has 1 unspecified atom stereocenters. The number of rotatable bonds is 5. The molecule has 8 nitrogen and oxygen atoms in total. The predicted molar refractivity (Wildman–Crippen MR) is 109 cm³/mol. The molecule has 4 rings (SSSR count). The summed E-state index contributed by atoms with van der Waals surface area (Å²) >= 11 is 0. The molecule has 3 heterocycles. The summed E-state index contributed by atoms with van der Waals surface area (Å²) in [5, 5.41) is 7.01. The molecule has 0 amide bonds. The van der Waals surface area contributed by atoms with Gasteiger partial charge in [-0.3, -0.25) is 9.82 Å². The minimum Gasteiger partial charge on any atom is -0.356 e. The van der Waals surface area contributed by atoms with Crippen LogP contribution in [0.2, 0.25) is 0 Å². The van der Waals surface area contributed by atoms with Crippen LogP contribution >= 0.6 is 0 Å². The van der Waals surface area contributed by atoms with Crippen LogP contribution in [0, 0.1) is 0 Å². The van der Waals surface area contributed by atoms with Gasteiger partial charge in [-0.05, 0) is 18.9 Å². The van der Waals surface area contributed by atoms with Crippen molar-refractivity contribution in [1.29, 1.82) is 0 Å². The van der Waals surface area contributed by atoms with Crippen LogP contribution in [0.15, 0.2) is 48.8 Å². The van der Waals surface area contributed by atoms with Crippen molar-refractivity contribution in [2.75, 3.05) is 29.0 Å². The molecule has 1 atom stereocenters. The lowest BCUT2D eigenvalue weighted by molar-refractivity contribution is 0.499. The Morgan fingerprint density at radius 2 is 2.04 bits per heavy atom. The van der Waals surface area contributed by atoms with Crippen LogP contribution in [0.1, 0.15) is 24.5 Å². The maximum absolute atomic E-state index is 11.6. The second-order valence-corrected chi connectivity index (χ2v) is 8.71.